The SMILES string of the molecule is O=C(NC(=O)C(F)(F)F)n1cccn1. The Kier molecular flexibility index (Phi) is 2.54. The van der Waals surface area contributed by atoms with E-state index in [9.17, 15) is 22.8 Å². The van der Waals surface area contributed by atoms with Gasteiger partial charge >= 0.3 is 18.1 Å². The van der Waals surface area contributed by atoms with Gasteiger partial charge in [0.25, 0.3) is 0 Å². The highest BCUT2D eigenvalue weighted by Gasteiger charge is 2.39. The van der Waals surface area contributed by atoms with Crippen LogP contribution in [0, 0.1) is 0 Å². The van der Waals surface area contributed by atoms with Crippen molar-refractivity contribution in [3.63, 3.8) is 0 Å². The predicted octanol–water partition coefficient (Wildman–Crippen LogP) is 0.530. The van der Waals surface area contributed by atoms with E-state index in [1.54, 1.807) is 0 Å². The summed E-state index contributed by atoms with van der Waals surface area (Å²) in [5, 5.41) is 4.46. The third kappa shape index (κ3) is 2.31. The quantitative estimate of drug-likeness (QED) is 0.674. The molecule has 76 valence electrons. The van der Waals surface area contributed by atoms with Crippen LogP contribution in [0.1, 0.15) is 0 Å². The fourth-order valence-corrected chi connectivity index (χ4v) is 0.614. The molecule has 0 aromatic carbocycles. The van der Waals surface area contributed by atoms with Crippen LogP contribution in [0.15, 0.2) is 18.5 Å². The van der Waals surface area contributed by atoms with E-state index in [0.717, 1.165) is 11.5 Å². The number of aromatic nitrogens is 2. The number of imide groups is 1. The van der Waals surface area contributed by atoms with Crippen LogP contribution in [0.25, 0.3) is 0 Å². The molecule has 1 aromatic heterocycles. The van der Waals surface area contributed by atoms with Gasteiger partial charge in [-0.2, -0.15) is 23.0 Å². The number of halogens is 3. The molecule has 0 radical (unpaired) electrons. The first-order valence-corrected chi connectivity index (χ1v) is 3.33. The average molecular weight is 207 g/mol. The van der Waals surface area contributed by atoms with Crippen molar-refractivity contribution < 1.29 is 22.8 Å². The van der Waals surface area contributed by atoms with Crippen molar-refractivity contribution in [2.45, 2.75) is 6.18 Å². The second-order valence-electron chi connectivity index (χ2n) is 2.21. The van der Waals surface area contributed by atoms with E-state index in [-0.39, 0.29) is 0 Å². The van der Waals surface area contributed by atoms with Crippen molar-refractivity contribution in [3.8, 4) is 0 Å². The predicted molar refractivity (Wildman–Crippen MR) is 37.2 cm³/mol. The van der Waals surface area contributed by atoms with Crippen molar-refractivity contribution >= 4 is 11.9 Å². The molecule has 0 bridgehead atoms. The van der Waals surface area contributed by atoms with Gasteiger partial charge in [-0.05, 0) is 6.07 Å². The lowest BCUT2D eigenvalue weighted by molar-refractivity contribution is -0.172. The lowest BCUT2D eigenvalue weighted by atomic mass is 10.6. The van der Waals surface area contributed by atoms with Gasteiger partial charge in [0, 0.05) is 12.4 Å². The number of carbonyl (C=O) groups is 2. The van der Waals surface area contributed by atoms with Crippen LogP contribution in [0.5, 0.6) is 0 Å². The molecule has 1 rings (SSSR count). The van der Waals surface area contributed by atoms with Crippen molar-refractivity contribution in [2.75, 3.05) is 0 Å². The zero-order chi connectivity index (χ0) is 10.8. The molecular weight excluding hydrogens is 203 g/mol. The molecule has 2 amide bonds. The summed E-state index contributed by atoms with van der Waals surface area (Å²) in [6.45, 7) is 0. The van der Waals surface area contributed by atoms with Gasteiger partial charge in [0.2, 0.25) is 0 Å². The van der Waals surface area contributed by atoms with Crippen LogP contribution in [-0.2, 0) is 4.79 Å². The van der Waals surface area contributed by atoms with E-state index in [1.807, 2.05) is 0 Å². The van der Waals surface area contributed by atoms with E-state index in [4.69, 9.17) is 0 Å². The number of alkyl halides is 3. The fourth-order valence-electron chi connectivity index (χ4n) is 0.614. The molecule has 0 saturated heterocycles. The molecule has 0 spiro atoms. The van der Waals surface area contributed by atoms with Crippen molar-refractivity contribution in [2.24, 2.45) is 0 Å². The Morgan fingerprint density at radius 3 is 2.43 bits per heavy atom. The molecule has 0 aliphatic carbocycles. The summed E-state index contributed by atoms with van der Waals surface area (Å²) in [7, 11) is 0. The van der Waals surface area contributed by atoms with Crippen LogP contribution in [0.4, 0.5) is 18.0 Å². The lowest BCUT2D eigenvalue weighted by Gasteiger charge is -2.05. The topological polar surface area (TPSA) is 64.0 Å². The number of rotatable bonds is 0. The third-order valence-electron chi connectivity index (χ3n) is 1.19. The van der Waals surface area contributed by atoms with Gasteiger partial charge in [-0.25, -0.2) is 4.79 Å². The second kappa shape index (κ2) is 3.48. The molecule has 5 nitrogen and oxygen atoms in total. The number of amides is 2. The molecule has 1 N–H and O–H groups in total. The number of hydrogen-bond acceptors (Lipinski definition) is 3. The van der Waals surface area contributed by atoms with Crippen LogP contribution >= 0.6 is 0 Å². The van der Waals surface area contributed by atoms with Crippen molar-refractivity contribution in [1.82, 2.24) is 15.1 Å². The molecular formula is C6H4F3N3O2. The van der Waals surface area contributed by atoms with Gasteiger partial charge in [0.05, 0.1) is 0 Å². The fraction of sp³-hybridized carbons (Fsp3) is 0.167. The van der Waals surface area contributed by atoms with E-state index in [2.05, 4.69) is 5.10 Å². The van der Waals surface area contributed by atoms with E-state index >= 15 is 0 Å². The number of nitrogens with one attached hydrogen (secondary N) is 1. The minimum absolute atomic E-state index is 0.573. The van der Waals surface area contributed by atoms with Crippen LogP contribution < -0.4 is 5.32 Å². The maximum Gasteiger partial charge on any atom is 0.471 e. The van der Waals surface area contributed by atoms with Gasteiger partial charge in [-0.1, -0.05) is 0 Å². The number of hydrogen-bond donors (Lipinski definition) is 1. The first-order chi connectivity index (χ1) is 6.41. The monoisotopic (exact) mass is 207 g/mol. The van der Waals surface area contributed by atoms with E-state index in [0.29, 0.717) is 4.68 Å². The van der Waals surface area contributed by atoms with Crippen molar-refractivity contribution in [1.29, 1.82) is 0 Å². The molecule has 0 aliphatic rings. The molecule has 0 aliphatic heterocycles. The summed E-state index contributed by atoms with van der Waals surface area (Å²) in [4.78, 5) is 21.1. The highest BCUT2D eigenvalue weighted by Crippen LogP contribution is 2.13. The summed E-state index contributed by atoms with van der Waals surface area (Å²) in [5.74, 6) is -2.32. The second-order valence-corrected chi connectivity index (χ2v) is 2.21. The minimum atomic E-state index is -5.08. The van der Waals surface area contributed by atoms with E-state index < -0.39 is 18.1 Å². The lowest BCUT2D eigenvalue weighted by Crippen LogP contribution is -2.42. The minimum Gasteiger partial charge on any atom is -0.268 e. The van der Waals surface area contributed by atoms with Gasteiger partial charge in [0.15, 0.2) is 0 Å². The third-order valence-corrected chi connectivity index (χ3v) is 1.19. The molecule has 0 saturated carbocycles. The zero-order valence-corrected chi connectivity index (χ0v) is 6.58. The Labute approximate surface area is 75.5 Å². The molecule has 0 unspecified atom stereocenters. The Hall–Kier alpha value is -1.86. The molecule has 14 heavy (non-hydrogen) atoms. The summed E-state index contributed by atoms with van der Waals surface area (Å²) in [5.41, 5.74) is 0. The molecule has 1 aromatic rings. The zero-order valence-electron chi connectivity index (χ0n) is 6.58. The highest BCUT2D eigenvalue weighted by molar-refractivity contribution is 5.97. The summed E-state index contributed by atoms with van der Waals surface area (Å²) < 4.78 is 35.5. The van der Waals surface area contributed by atoms with Crippen LogP contribution in [-0.4, -0.2) is 27.9 Å². The van der Waals surface area contributed by atoms with Crippen molar-refractivity contribution in [3.05, 3.63) is 18.5 Å². The molecule has 0 fully saturated rings. The standard InChI is InChI=1S/C6H4F3N3O2/c7-6(8,9)4(13)11-5(14)12-3-1-2-10-12/h1-3H,(H,11,13,14). The molecule has 0 atom stereocenters. The largest absolute Gasteiger partial charge is 0.471 e. The van der Waals surface area contributed by atoms with E-state index in [1.165, 1.54) is 12.3 Å². The number of nitrogens with zero attached hydrogens (tertiary/aromatic N) is 2. The van der Waals surface area contributed by atoms with Gasteiger partial charge in [-0.15, -0.1) is 0 Å². The maximum absolute atomic E-state index is 11.7. The Morgan fingerprint density at radius 1 is 1.36 bits per heavy atom. The first-order valence-electron chi connectivity index (χ1n) is 3.33. The van der Waals surface area contributed by atoms with Crippen LogP contribution in [0.3, 0.4) is 0 Å². The maximum atomic E-state index is 11.7. The van der Waals surface area contributed by atoms with Gasteiger partial charge < -0.3 is 0 Å². The van der Waals surface area contributed by atoms with Gasteiger partial charge in [-0.3, -0.25) is 10.1 Å². The highest BCUT2D eigenvalue weighted by atomic mass is 19.4. The molecule has 1 heterocycles. The van der Waals surface area contributed by atoms with Gasteiger partial charge in [0.1, 0.15) is 0 Å². The Balaban J connectivity index is 2.63. The Bertz CT molecular complexity index is 344. The normalized spacial score (nSPS) is 11.1. The average Bonchev–Trinajstić information content (AvgIpc) is 2.53. The van der Waals surface area contributed by atoms with Crippen LogP contribution in [0.2, 0.25) is 0 Å². The summed E-state index contributed by atoms with van der Waals surface area (Å²) >= 11 is 0. The molecule has 8 heteroatoms. The summed E-state index contributed by atoms with van der Waals surface area (Å²) in [6.07, 6.45) is -2.78. The summed E-state index contributed by atoms with van der Waals surface area (Å²) in [6, 6.07) is 0.0785. The Morgan fingerprint density at radius 2 is 2.00 bits per heavy atom. The smallest absolute Gasteiger partial charge is 0.268 e. The first kappa shape index (κ1) is 10.2. The number of carbonyl (C=O) groups excluding carboxylic acids is 2.